The largest absolute Gasteiger partial charge is 0.486 e. The van der Waals surface area contributed by atoms with Crippen LogP contribution in [0.2, 0.25) is 5.02 Å². The van der Waals surface area contributed by atoms with E-state index < -0.39 is 0 Å². The van der Waals surface area contributed by atoms with Crippen LogP contribution in [0.1, 0.15) is 22.1 Å². The minimum absolute atomic E-state index is 0.0767. The highest BCUT2D eigenvalue weighted by molar-refractivity contribution is 7.98. The van der Waals surface area contributed by atoms with Crippen molar-refractivity contribution in [2.75, 3.05) is 5.32 Å². The Kier molecular flexibility index (Phi) is 7.41. The zero-order valence-electron chi connectivity index (χ0n) is 17.2. The predicted octanol–water partition coefficient (Wildman–Crippen LogP) is 5.28. The summed E-state index contributed by atoms with van der Waals surface area (Å²) in [4.78, 5) is 21.3. The van der Waals surface area contributed by atoms with E-state index >= 15 is 0 Å². The molecule has 0 fully saturated rings. The molecule has 0 unspecified atom stereocenters. The molecule has 0 saturated heterocycles. The number of thiazole rings is 1. The van der Waals surface area contributed by atoms with Gasteiger partial charge in [-0.2, -0.15) is 0 Å². The first-order chi connectivity index (χ1) is 15.5. The van der Waals surface area contributed by atoms with Gasteiger partial charge in [0, 0.05) is 21.8 Å². The summed E-state index contributed by atoms with van der Waals surface area (Å²) in [5, 5.41) is 14.0. The van der Waals surface area contributed by atoms with Crippen LogP contribution in [0.15, 0.2) is 59.1 Å². The fraction of sp³-hybridized carbons (Fsp3) is 0.182. The van der Waals surface area contributed by atoms with Crippen molar-refractivity contribution in [3.8, 4) is 5.75 Å². The summed E-state index contributed by atoms with van der Waals surface area (Å²) in [6, 6.07) is 14.8. The van der Waals surface area contributed by atoms with Crippen LogP contribution in [-0.4, -0.2) is 26.1 Å². The lowest BCUT2D eigenvalue weighted by Crippen LogP contribution is -2.15. The fourth-order valence-electron chi connectivity index (χ4n) is 2.77. The van der Waals surface area contributed by atoms with E-state index in [1.54, 1.807) is 24.3 Å². The maximum absolute atomic E-state index is 12.3. The van der Waals surface area contributed by atoms with Gasteiger partial charge in [-0.1, -0.05) is 41.6 Å². The molecule has 0 aliphatic heterocycles. The Labute approximate surface area is 198 Å². The maximum atomic E-state index is 12.3. The number of nitrogens with one attached hydrogen (secondary N) is 2. The lowest BCUT2D eigenvalue weighted by Gasteiger charge is -2.06. The number of carbonyl (C=O) groups is 1. The van der Waals surface area contributed by atoms with E-state index in [9.17, 15) is 4.79 Å². The highest BCUT2D eigenvalue weighted by atomic mass is 35.5. The molecular weight excluding hydrogens is 466 g/mol. The molecule has 0 spiro atoms. The average Bonchev–Trinajstić information content (AvgIpc) is 3.43. The van der Waals surface area contributed by atoms with Gasteiger partial charge in [0.25, 0.3) is 0 Å². The van der Waals surface area contributed by atoms with E-state index in [1.807, 2.05) is 36.6 Å². The molecule has 0 bridgehead atoms. The second kappa shape index (κ2) is 10.6. The Bertz CT molecular complexity index is 1190. The van der Waals surface area contributed by atoms with Gasteiger partial charge in [0.2, 0.25) is 11.1 Å². The summed E-state index contributed by atoms with van der Waals surface area (Å²) in [5.41, 5.74) is 2.74. The molecule has 0 aliphatic rings. The van der Waals surface area contributed by atoms with Gasteiger partial charge in [-0.25, -0.2) is 9.97 Å². The second-order valence-electron chi connectivity index (χ2n) is 6.87. The summed E-state index contributed by atoms with van der Waals surface area (Å²) >= 11 is 8.82. The summed E-state index contributed by atoms with van der Waals surface area (Å²) in [6.45, 7) is 2.25. The third kappa shape index (κ3) is 6.32. The number of nitrogens with zero attached hydrogens (tertiary/aromatic N) is 3. The molecule has 0 saturated carbocycles. The average molecular weight is 486 g/mol. The number of aromatic nitrogens is 4. The molecule has 7 nitrogen and oxygen atoms in total. The standard InChI is InChI=1S/C22H20ClN5O2S2/c1-14-4-2-3-5-18(14)25-20(29)10-21-24-16(12-31-21)13-32-22-26-19(27-28-22)11-30-17-8-6-15(23)7-9-17/h2-9,12H,10-11,13H2,1H3,(H,25,29)(H,26,27,28). The zero-order chi connectivity index (χ0) is 22.3. The predicted molar refractivity (Wildman–Crippen MR) is 127 cm³/mol. The molecule has 4 rings (SSSR count). The van der Waals surface area contributed by atoms with Crippen LogP contribution in [0.4, 0.5) is 5.69 Å². The third-order valence-corrected chi connectivity index (χ3v) is 6.41. The van der Waals surface area contributed by atoms with E-state index in [0.717, 1.165) is 22.0 Å². The third-order valence-electron chi connectivity index (χ3n) is 4.38. The number of thioether (sulfide) groups is 1. The maximum Gasteiger partial charge on any atom is 0.231 e. The molecule has 0 aliphatic carbocycles. The van der Waals surface area contributed by atoms with Crippen LogP contribution in [0.5, 0.6) is 5.75 Å². The monoisotopic (exact) mass is 485 g/mol. The first kappa shape index (κ1) is 22.3. The smallest absolute Gasteiger partial charge is 0.231 e. The van der Waals surface area contributed by atoms with Crippen LogP contribution in [0.25, 0.3) is 0 Å². The quantitative estimate of drug-likeness (QED) is 0.313. The molecule has 2 heterocycles. The number of para-hydroxylation sites is 1. The molecule has 1 amide bonds. The van der Waals surface area contributed by atoms with Crippen molar-refractivity contribution in [2.24, 2.45) is 0 Å². The number of amides is 1. The minimum atomic E-state index is -0.0767. The van der Waals surface area contributed by atoms with E-state index in [1.165, 1.54) is 23.1 Å². The van der Waals surface area contributed by atoms with Gasteiger partial charge in [0.05, 0.1) is 12.1 Å². The van der Waals surface area contributed by atoms with E-state index in [4.69, 9.17) is 16.3 Å². The van der Waals surface area contributed by atoms with Gasteiger partial charge in [-0.3, -0.25) is 9.89 Å². The van der Waals surface area contributed by atoms with E-state index in [-0.39, 0.29) is 18.9 Å². The zero-order valence-corrected chi connectivity index (χ0v) is 19.6. The van der Waals surface area contributed by atoms with Gasteiger partial charge < -0.3 is 10.1 Å². The number of hydrogen-bond donors (Lipinski definition) is 2. The van der Waals surface area contributed by atoms with Gasteiger partial charge in [-0.15, -0.1) is 16.4 Å². The fourth-order valence-corrected chi connectivity index (χ4v) is 4.50. The highest BCUT2D eigenvalue weighted by Gasteiger charge is 2.11. The number of benzene rings is 2. The molecule has 32 heavy (non-hydrogen) atoms. The van der Waals surface area contributed by atoms with Crippen LogP contribution >= 0.6 is 34.7 Å². The molecule has 164 valence electrons. The second-order valence-corrected chi connectivity index (χ2v) is 9.19. The van der Waals surface area contributed by atoms with E-state index in [0.29, 0.717) is 27.5 Å². The molecule has 0 radical (unpaired) electrons. The minimum Gasteiger partial charge on any atom is -0.486 e. The number of ether oxygens (including phenoxy) is 1. The lowest BCUT2D eigenvalue weighted by molar-refractivity contribution is -0.115. The Balaban J connectivity index is 1.24. The van der Waals surface area contributed by atoms with Crippen LogP contribution in [0.3, 0.4) is 0 Å². The number of anilines is 1. The van der Waals surface area contributed by atoms with Crippen molar-refractivity contribution < 1.29 is 9.53 Å². The normalized spacial score (nSPS) is 10.8. The van der Waals surface area contributed by atoms with Crippen LogP contribution in [0, 0.1) is 6.92 Å². The van der Waals surface area contributed by atoms with Gasteiger partial charge in [-0.05, 0) is 42.8 Å². The number of aryl methyl sites for hydroxylation is 1. The number of aromatic amines is 1. The number of hydrogen-bond acceptors (Lipinski definition) is 7. The van der Waals surface area contributed by atoms with Gasteiger partial charge >= 0.3 is 0 Å². The van der Waals surface area contributed by atoms with Crippen molar-refractivity contribution in [3.63, 3.8) is 0 Å². The summed E-state index contributed by atoms with van der Waals surface area (Å²) in [6.07, 6.45) is 0.247. The Morgan fingerprint density at radius 3 is 2.81 bits per heavy atom. The van der Waals surface area contributed by atoms with Crippen molar-refractivity contribution in [3.05, 3.63) is 81.0 Å². The number of halogens is 1. The van der Waals surface area contributed by atoms with Gasteiger partial charge in [0.15, 0.2) is 5.82 Å². The molecular formula is C22H20ClN5O2S2. The molecule has 10 heteroatoms. The van der Waals surface area contributed by atoms with Gasteiger partial charge in [0.1, 0.15) is 17.4 Å². The number of rotatable bonds is 9. The first-order valence-electron chi connectivity index (χ1n) is 9.76. The van der Waals surface area contributed by atoms with Crippen molar-refractivity contribution in [2.45, 2.75) is 30.9 Å². The lowest BCUT2D eigenvalue weighted by atomic mass is 10.2. The molecule has 0 atom stereocenters. The molecule has 4 aromatic rings. The molecule has 2 aromatic carbocycles. The number of H-pyrrole nitrogens is 1. The SMILES string of the molecule is Cc1ccccc1NC(=O)Cc1nc(CSc2n[nH]c(COc3ccc(Cl)cc3)n2)cs1. The van der Waals surface area contributed by atoms with Crippen LogP contribution < -0.4 is 10.1 Å². The Morgan fingerprint density at radius 1 is 1.19 bits per heavy atom. The van der Waals surface area contributed by atoms with Crippen molar-refractivity contribution in [1.29, 1.82) is 0 Å². The highest BCUT2D eigenvalue weighted by Crippen LogP contribution is 2.22. The summed E-state index contributed by atoms with van der Waals surface area (Å²) < 4.78 is 5.66. The van der Waals surface area contributed by atoms with E-state index in [2.05, 4.69) is 25.5 Å². The van der Waals surface area contributed by atoms with Crippen LogP contribution in [-0.2, 0) is 23.6 Å². The molecule has 2 N–H and O–H groups in total. The summed E-state index contributed by atoms with van der Waals surface area (Å²) in [5.74, 6) is 1.88. The Morgan fingerprint density at radius 2 is 2.00 bits per heavy atom. The summed E-state index contributed by atoms with van der Waals surface area (Å²) in [7, 11) is 0. The first-order valence-corrected chi connectivity index (χ1v) is 12.0. The Hall–Kier alpha value is -2.88. The van der Waals surface area contributed by atoms with Crippen molar-refractivity contribution in [1.82, 2.24) is 20.2 Å². The van der Waals surface area contributed by atoms with Crippen molar-refractivity contribution >= 4 is 46.3 Å². The number of carbonyl (C=O) groups excluding carboxylic acids is 1. The topological polar surface area (TPSA) is 92.8 Å². The molecule has 2 aromatic heterocycles.